The second-order valence-electron chi connectivity index (χ2n) is 6.10. The van der Waals surface area contributed by atoms with Crippen LogP contribution in [-0.2, 0) is 17.6 Å². The summed E-state index contributed by atoms with van der Waals surface area (Å²) in [4.78, 5) is 17.0. The molecule has 0 radical (unpaired) electrons. The van der Waals surface area contributed by atoms with Crippen molar-refractivity contribution in [1.29, 1.82) is 0 Å². The Morgan fingerprint density at radius 1 is 1.23 bits per heavy atom. The fourth-order valence-electron chi connectivity index (χ4n) is 3.03. The van der Waals surface area contributed by atoms with Crippen LogP contribution in [-0.4, -0.2) is 29.8 Å². The molecule has 0 spiro atoms. The largest absolute Gasteiger partial charge is 0.465 e. The number of benzene rings is 1. The molecule has 140 valence electrons. The zero-order chi connectivity index (χ0) is 19.1. The van der Waals surface area contributed by atoms with Crippen molar-refractivity contribution >= 4 is 11.8 Å². The van der Waals surface area contributed by atoms with E-state index < -0.39 is 5.97 Å². The number of anilines is 1. The van der Waals surface area contributed by atoms with Gasteiger partial charge in [-0.05, 0) is 43.4 Å². The van der Waals surface area contributed by atoms with Gasteiger partial charge < -0.3 is 15.6 Å². The van der Waals surface area contributed by atoms with Gasteiger partial charge in [0.05, 0.1) is 18.4 Å². The Bertz CT molecular complexity index is 761. The number of nitrogen functional groups attached to an aromatic ring is 1. The lowest BCUT2D eigenvalue weighted by Gasteiger charge is -2.19. The summed E-state index contributed by atoms with van der Waals surface area (Å²) in [6.07, 6.45) is 3.25. The lowest BCUT2D eigenvalue weighted by Crippen LogP contribution is -2.15. The summed E-state index contributed by atoms with van der Waals surface area (Å²) in [5.74, 6) is -0.479. The number of nitrogens with two attached hydrogens (primary N) is 1. The van der Waals surface area contributed by atoms with Gasteiger partial charge in [0.1, 0.15) is 11.6 Å². The van der Waals surface area contributed by atoms with E-state index in [1.54, 1.807) is 12.1 Å². The van der Waals surface area contributed by atoms with Crippen molar-refractivity contribution in [3.63, 3.8) is 0 Å². The second kappa shape index (κ2) is 9.29. The van der Waals surface area contributed by atoms with Gasteiger partial charge in [-0.3, -0.25) is 0 Å². The van der Waals surface area contributed by atoms with E-state index in [0.717, 1.165) is 12.0 Å². The summed E-state index contributed by atoms with van der Waals surface area (Å²) in [5.41, 5.74) is 9.24. The molecular weight excluding hydrogens is 335 g/mol. The van der Waals surface area contributed by atoms with Crippen LogP contribution in [0.25, 0.3) is 11.1 Å². The maximum absolute atomic E-state index is 13.4. The molecule has 0 aliphatic rings. The number of carbonyl (C=O) groups excluding carboxylic acids is 1. The smallest absolute Gasteiger partial charge is 0.340 e. The normalized spacial score (nSPS) is 10.8. The molecule has 1 heterocycles. The molecule has 26 heavy (non-hydrogen) atoms. The number of rotatable bonds is 8. The lowest BCUT2D eigenvalue weighted by atomic mass is 9.90. The van der Waals surface area contributed by atoms with Crippen LogP contribution in [0.1, 0.15) is 47.8 Å². The highest BCUT2D eigenvalue weighted by Crippen LogP contribution is 2.35. The second-order valence-corrected chi connectivity index (χ2v) is 6.10. The Morgan fingerprint density at radius 2 is 1.92 bits per heavy atom. The fraction of sp³-hybridized carbons (Fsp3) is 0.400. The number of carbonyl (C=O) groups is 1. The van der Waals surface area contributed by atoms with Gasteiger partial charge in [0.15, 0.2) is 0 Å². The molecule has 0 unspecified atom stereocenters. The number of aryl methyl sites for hydroxylation is 1. The van der Waals surface area contributed by atoms with Crippen LogP contribution in [0.5, 0.6) is 0 Å². The average molecular weight is 360 g/mol. The number of esters is 1. The van der Waals surface area contributed by atoms with Gasteiger partial charge in [0.25, 0.3) is 0 Å². The molecule has 5 nitrogen and oxygen atoms in total. The van der Waals surface area contributed by atoms with Gasteiger partial charge >= 0.3 is 5.97 Å². The number of aliphatic hydroxyl groups is 1. The number of hydrogen-bond donors (Lipinski definition) is 2. The Kier molecular flexibility index (Phi) is 7.09. The number of methoxy groups -OCH3 is 1. The number of hydrogen-bond acceptors (Lipinski definition) is 5. The molecule has 0 aliphatic heterocycles. The first kappa shape index (κ1) is 19.8. The molecule has 6 heteroatoms. The minimum Gasteiger partial charge on any atom is -0.465 e. The molecule has 0 atom stereocenters. The number of pyridine rings is 1. The van der Waals surface area contributed by atoms with Crippen molar-refractivity contribution in [3.05, 3.63) is 46.9 Å². The Hall–Kier alpha value is -2.47. The molecule has 0 bridgehead atoms. The van der Waals surface area contributed by atoms with Crippen molar-refractivity contribution in [2.75, 3.05) is 19.5 Å². The SMILES string of the molecule is CCCc1nc(N)c(CCCCO)c(-c2ccc(F)cc2)c1C(=O)OC. The van der Waals surface area contributed by atoms with Crippen LogP contribution in [0.2, 0.25) is 0 Å². The van der Waals surface area contributed by atoms with Crippen LogP contribution in [0.3, 0.4) is 0 Å². The van der Waals surface area contributed by atoms with E-state index in [1.165, 1.54) is 19.2 Å². The molecule has 0 fully saturated rings. The van der Waals surface area contributed by atoms with Crippen LogP contribution in [0.4, 0.5) is 10.2 Å². The third-order valence-corrected chi connectivity index (χ3v) is 4.25. The topological polar surface area (TPSA) is 85.4 Å². The molecule has 2 aromatic rings. The standard InChI is InChI=1S/C20H25FN2O3/c1-3-6-16-18(20(25)26-2)17(13-8-10-14(21)11-9-13)15(19(22)23-16)7-4-5-12-24/h8-11,24H,3-7,12H2,1-2H3,(H2,22,23). The first-order valence-electron chi connectivity index (χ1n) is 8.79. The van der Waals surface area contributed by atoms with Crippen molar-refractivity contribution in [3.8, 4) is 11.1 Å². The Balaban J connectivity index is 2.73. The summed E-state index contributed by atoms with van der Waals surface area (Å²) in [6, 6.07) is 5.96. The molecule has 3 N–H and O–H groups in total. The zero-order valence-electron chi connectivity index (χ0n) is 15.2. The quantitative estimate of drug-likeness (QED) is 0.556. The minimum absolute atomic E-state index is 0.0803. The number of nitrogens with zero attached hydrogens (tertiary/aromatic N) is 1. The maximum Gasteiger partial charge on any atom is 0.340 e. The van der Waals surface area contributed by atoms with E-state index in [1.807, 2.05) is 6.92 Å². The van der Waals surface area contributed by atoms with E-state index in [4.69, 9.17) is 15.6 Å². The summed E-state index contributed by atoms with van der Waals surface area (Å²) in [6.45, 7) is 2.07. The van der Waals surface area contributed by atoms with Crippen LogP contribution in [0, 0.1) is 5.82 Å². The average Bonchev–Trinajstić information content (AvgIpc) is 2.63. The fourth-order valence-corrected chi connectivity index (χ4v) is 3.03. The molecule has 1 aromatic carbocycles. The van der Waals surface area contributed by atoms with Gasteiger partial charge in [0, 0.05) is 17.7 Å². The highest BCUT2D eigenvalue weighted by atomic mass is 19.1. The van der Waals surface area contributed by atoms with E-state index >= 15 is 0 Å². The first-order chi connectivity index (χ1) is 12.5. The van der Waals surface area contributed by atoms with Crippen LogP contribution < -0.4 is 5.73 Å². The lowest BCUT2D eigenvalue weighted by molar-refractivity contribution is 0.0599. The monoisotopic (exact) mass is 360 g/mol. The molecular formula is C20H25FN2O3. The highest BCUT2D eigenvalue weighted by Gasteiger charge is 2.24. The Morgan fingerprint density at radius 3 is 2.50 bits per heavy atom. The van der Waals surface area contributed by atoms with Crippen LogP contribution >= 0.6 is 0 Å². The van der Waals surface area contributed by atoms with E-state index in [-0.39, 0.29) is 12.4 Å². The molecule has 1 aromatic heterocycles. The summed E-state index contributed by atoms with van der Waals surface area (Å²) in [5, 5.41) is 9.06. The maximum atomic E-state index is 13.4. The summed E-state index contributed by atoms with van der Waals surface area (Å²) in [7, 11) is 1.33. The van der Waals surface area contributed by atoms with Gasteiger partial charge in [-0.15, -0.1) is 0 Å². The number of halogens is 1. The van der Waals surface area contributed by atoms with Crippen molar-refractivity contribution in [2.24, 2.45) is 0 Å². The molecule has 0 aliphatic carbocycles. The molecule has 0 saturated heterocycles. The van der Waals surface area contributed by atoms with Gasteiger partial charge in [-0.25, -0.2) is 14.2 Å². The van der Waals surface area contributed by atoms with E-state index in [9.17, 15) is 9.18 Å². The third-order valence-electron chi connectivity index (χ3n) is 4.25. The summed E-state index contributed by atoms with van der Waals surface area (Å²) < 4.78 is 18.4. The van der Waals surface area contributed by atoms with Crippen molar-refractivity contribution < 1.29 is 19.0 Å². The first-order valence-corrected chi connectivity index (χ1v) is 8.79. The minimum atomic E-state index is -0.483. The number of aromatic nitrogens is 1. The molecule has 2 rings (SSSR count). The van der Waals surface area contributed by atoms with Gasteiger partial charge in [-0.2, -0.15) is 0 Å². The van der Waals surface area contributed by atoms with Crippen LogP contribution in [0.15, 0.2) is 24.3 Å². The highest BCUT2D eigenvalue weighted by molar-refractivity contribution is 6.00. The number of unbranched alkanes of at least 4 members (excludes halogenated alkanes) is 1. The predicted octanol–water partition coefficient (Wildman–Crippen LogP) is 3.52. The van der Waals surface area contributed by atoms with Gasteiger partial charge in [-0.1, -0.05) is 25.5 Å². The number of aliphatic hydroxyl groups excluding tert-OH is 1. The zero-order valence-corrected chi connectivity index (χ0v) is 15.2. The number of ether oxygens (including phenoxy) is 1. The van der Waals surface area contributed by atoms with Crippen molar-refractivity contribution in [2.45, 2.75) is 39.0 Å². The van der Waals surface area contributed by atoms with E-state index in [0.29, 0.717) is 53.9 Å². The van der Waals surface area contributed by atoms with E-state index in [2.05, 4.69) is 4.98 Å². The van der Waals surface area contributed by atoms with Crippen molar-refractivity contribution in [1.82, 2.24) is 4.98 Å². The molecule has 0 saturated carbocycles. The predicted molar refractivity (Wildman–Crippen MR) is 99.4 cm³/mol. The van der Waals surface area contributed by atoms with Gasteiger partial charge in [0.2, 0.25) is 0 Å². The summed E-state index contributed by atoms with van der Waals surface area (Å²) >= 11 is 0. The molecule has 0 amide bonds. The Labute approximate surface area is 153 Å². The third kappa shape index (κ3) is 4.38.